The lowest BCUT2D eigenvalue weighted by atomic mass is 10.0. The van der Waals surface area contributed by atoms with Crippen molar-refractivity contribution in [3.63, 3.8) is 0 Å². The van der Waals surface area contributed by atoms with Gasteiger partial charge < -0.3 is 19.9 Å². The number of benzene rings is 1. The van der Waals surface area contributed by atoms with Crippen LogP contribution in [0.3, 0.4) is 0 Å². The number of Topliss-reactive ketones (excluding diaryl/α,β-unsaturated/α-hetero) is 1. The summed E-state index contributed by atoms with van der Waals surface area (Å²) in [6.45, 7) is 0.656. The standard InChI is InChI=1S/C19H17N3O5/c23-12-6-11(20-7-10-4-2-1-3-5-10)17(25)15-16(12)22-14(21-15)9-26-18-13(24)8-27-19(18)22/h1-6,13,18-20,24H,7-9H2/t13-,18-,19+/m1/s1. The lowest BCUT2D eigenvalue weighted by molar-refractivity contribution is -0.0992. The van der Waals surface area contributed by atoms with Crippen molar-refractivity contribution in [3.8, 4) is 0 Å². The number of hydrogen-bond acceptors (Lipinski definition) is 7. The SMILES string of the molecule is O=C1C(NCc2ccccc2)=CC(=O)c2c1nc1n2[C@H]2OC[C@@H](O)[C@H]2OC1. The number of rotatable bonds is 3. The molecule has 138 valence electrons. The smallest absolute Gasteiger partial charge is 0.229 e. The van der Waals surface area contributed by atoms with E-state index in [9.17, 15) is 14.7 Å². The summed E-state index contributed by atoms with van der Waals surface area (Å²) in [4.78, 5) is 30.0. The number of nitrogens with zero attached hydrogens (tertiary/aromatic N) is 2. The number of aliphatic hydroxyl groups is 1. The molecule has 27 heavy (non-hydrogen) atoms. The summed E-state index contributed by atoms with van der Waals surface area (Å²) in [6, 6.07) is 9.60. The molecule has 3 aliphatic rings. The Kier molecular flexibility index (Phi) is 3.71. The van der Waals surface area contributed by atoms with Gasteiger partial charge in [0.1, 0.15) is 36.0 Å². The zero-order chi connectivity index (χ0) is 18.5. The van der Waals surface area contributed by atoms with Gasteiger partial charge in [-0.15, -0.1) is 0 Å². The maximum atomic E-state index is 12.9. The summed E-state index contributed by atoms with van der Waals surface area (Å²) in [5, 5.41) is 13.0. The number of nitrogens with one attached hydrogen (secondary N) is 1. The molecule has 2 N–H and O–H groups in total. The normalized spacial score (nSPS) is 26.3. The molecule has 0 saturated carbocycles. The van der Waals surface area contributed by atoms with Gasteiger partial charge in [0.15, 0.2) is 6.23 Å². The number of fused-ring (bicyclic) bond motifs is 5. The Balaban J connectivity index is 1.46. The van der Waals surface area contributed by atoms with E-state index in [1.54, 1.807) is 4.57 Å². The minimum atomic E-state index is -0.769. The molecule has 8 heteroatoms. The van der Waals surface area contributed by atoms with E-state index in [-0.39, 0.29) is 41.9 Å². The topological polar surface area (TPSA) is 103 Å². The average molecular weight is 367 g/mol. The van der Waals surface area contributed by atoms with Gasteiger partial charge in [-0.3, -0.25) is 14.2 Å². The molecule has 2 aliphatic heterocycles. The Labute approximate surface area is 154 Å². The molecule has 0 bridgehead atoms. The monoisotopic (exact) mass is 367 g/mol. The van der Waals surface area contributed by atoms with Crippen LogP contribution in [0.4, 0.5) is 0 Å². The zero-order valence-electron chi connectivity index (χ0n) is 14.3. The van der Waals surface area contributed by atoms with Crippen LogP contribution in [-0.4, -0.2) is 45.0 Å². The maximum absolute atomic E-state index is 12.9. The van der Waals surface area contributed by atoms with Crippen molar-refractivity contribution < 1.29 is 24.2 Å². The van der Waals surface area contributed by atoms with Crippen LogP contribution >= 0.6 is 0 Å². The summed E-state index contributed by atoms with van der Waals surface area (Å²) in [5.74, 6) is -0.197. The predicted octanol–water partition coefficient (Wildman–Crippen LogP) is 0.724. The third-order valence-corrected chi connectivity index (χ3v) is 5.04. The van der Waals surface area contributed by atoms with Crippen molar-refractivity contribution in [1.82, 2.24) is 14.9 Å². The molecule has 1 aromatic carbocycles. The van der Waals surface area contributed by atoms with Crippen molar-refractivity contribution in [1.29, 1.82) is 0 Å². The first kappa shape index (κ1) is 16.4. The molecule has 1 aromatic heterocycles. The molecule has 0 unspecified atom stereocenters. The van der Waals surface area contributed by atoms with Gasteiger partial charge in [0, 0.05) is 12.6 Å². The number of aliphatic hydroxyl groups excluding tert-OH is 1. The Morgan fingerprint density at radius 1 is 1.22 bits per heavy atom. The number of imidazole rings is 1. The second-order valence-electron chi connectivity index (χ2n) is 6.75. The van der Waals surface area contributed by atoms with E-state index >= 15 is 0 Å². The fourth-order valence-corrected chi connectivity index (χ4v) is 3.73. The summed E-state index contributed by atoms with van der Waals surface area (Å²) < 4.78 is 12.8. The Morgan fingerprint density at radius 3 is 2.85 bits per heavy atom. The van der Waals surface area contributed by atoms with E-state index in [1.807, 2.05) is 30.3 Å². The van der Waals surface area contributed by atoms with Crippen molar-refractivity contribution in [2.75, 3.05) is 6.61 Å². The fraction of sp³-hybridized carbons (Fsp3) is 0.316. The van der Waals surface area contributed by atoms with Crippen LogP contribution in [-0.2, 0) is 22.6 Å². The van der Waals surface area contributed by atoms with Crippen LogP contribution < -0.4 is 5.32 Å². The molecule has 0 spiro atoms. The lowest BCUT2D eigenvalue weighted by Crippen LogP contribution is -2.37. The summed E-state index contributed by atoms with van der Waals surface area (Å²) in [5.41, 5.74) is 1.52. The fourth-order valence-electron chi connectivity index (χ4n) is 3.73. The number of allylic oxidation sites excluding steroid dienone is 2. The predicted molar refractivity (Wildman–Crippen MR) is 91.8 cm³/mol. The summed E-state index contributed by atoms with van der Waals surface area (Å²) in [6.07, 6.45) is -0.684. The third-order valence-electron chi connectivity index (χ3n) is 5.04. The molecule has 2 aromatic rings. The van der Waals surface area contributed by atoms with Crippen molar-refractivity contribution in [3.05, 3.63) is 64.9 Å². The van der Waals surface area contributed by atoms with Crippen LogP contribution in [0.15, 0.2) is 42.1 Å². The highest BCUT2D eigenvalue weighted by molar-refractivity contribution is 6.22. The van der Waals surface area contributed by atoms with Gasteiger partial charge >= 0.3 is 0 Å². The molecule has 3 heterocycles. The number of aromatic nitrogens is 2. The number of hydrogen-bond donors (Lipinski definition) is 2. The van der Waals surface area contributed by atoms with Crippen LogP contribution in [0.2, 0.25) is 0 Å². The molecule has 1 aliphatic carbocycles. The quantitative estimate of drug-likeness (QED) is 0.824. The molecule has 0 amide bonds. The number of ether oxygens (including phenoxy) is 2. The average Bonchev–Trinajstić information content (AvgIpc) is 3.25. The lowest BCUT2D eigenvalue weighted by Gasteiger charge is -2.29. The molecular formula is C19H17N3O5. The van der Waals surface area contributed by atoms with Crippen molar-refractivity contribution in [2.24, 2.45) is 0 Å². The van der Waals surface area contributed by atoms with E-state index in [2.05, 4.69) is 10.3 Å². The van der Waals surface area contributed by atoms with Crippen LogP contribution in [0.1, 0.15) is 38.6 Å². The first-order valence-electron chi connectivity index (χ1n) is 8.74. The molecule has 8 nitrogen and oxygen atoms in total. The molecule has 3 atom stereocenters. The van der Waals surface area contributed by atoms with Crippen molar-refractivity contribution in [2.45, 2.75) is 31.6 Å². The summed E-state index contributed by atoms with van der Waals surface area (Å²) in [7, 11) is 0. The van der Waals surface area contributed by atoms with Gasteiger partial charge in [-0.25, -0.2) is 4.98 Å². The number of carbonyl (C=O) groups is 2. The first-order chi connectivity index (χ1) is 13.1. The Hall–Kier alpha value is -2.81. The second kappa shape index (κ2) is 6.12. The maximum Gasteiger partial charge on any atom is 0.229 e. The highest BCUT2D eigenvalue weighted by Crippen LogP contribution is 2.36. The van der Waals surface area contributed by atoms with E-state index in [1.165, 1.54) is 6.08 Å². The molecule has 0 radical (unpaired) electrons. The second-order valence-corrected chi connectivity index (χ2v) is 6.75. The first-order valence-corrected chi connectivity index (χ1v) is 8.74. The van der Waals surface area contributed by atoms with Gasteiger partial charge in [-0.1, -0.05) is 30.3 Å². The third kappa shape index (κ3) is 2.53. The van der Waals surface area contributed by atoms with Gasteiger partial charge in [0.05, 0.1) is 12.3 Å². The summed E-state index contributed by atoms with van der Waals surface area (Å²) >= 11 is 0. The van der Waals surface area contributed by atoms with E-state index in [4.69, 9.17) is 9.47 Å². The van der Waals surface area contributed by atoms with Crippen LogP contribution in [0.25, 0.3) is 0 Å². The van der Waals surface area contributed by atoms with Gasteiger partial charge in [-0.05, 0) is 5.56 Å². The number of ketones is 2. The Bertz CT molecular complexity index is 965. The van der Waals surface area contributed by atoms with Gasteiger partial charge in [0.25, 0.3) is 0 Å². The zero-order valence-corrected chi connectivity index (χ0v) is 14.3. The Morgan fingerprint density at radius 2 is 2.04 bits per heavy atom. The van der Waals surface area contributed by atoms with Gasteiger partial charge in [0.2, 0.25) is 11.6 Å². The van der Waals surface area contributed by atoms with Crippen LogP contribution in [0.5, 0.6) is 0 Å². The molecule has 5 rings (SSSR count). The van der Waals surface area contributed by atoms with Gasteiger partial charge in [-0.2, -0.15) is 0 Å². The minimum Gasteiger partial charge on any atom is -0.388 e. The molecular weight excluding hydrogens is 350 g/mol. The largest absolute Gasteiger partial charge is 0.388 e. The highest BCUT2D eigenvalue weighted by Gasteiger charge is 2.46. The molecule has 1 saturated heterocycles. The van der Waals surface area contributed by atoms with E-state index < -0.39 is 18.4 Å². The highest BCUT2D eigenvalue weighted by atomic mass is 16.6. The van der Waals surface area contributed by atoms with E-state index in [0.29, 0.717) is 12.4 Å². The van der Waals surface area contributed by atoms with E-state index in [0.717, 1.165) is 5.56 Å². The molecule has 1 fully saturated rings. The number of carbonyl (C=O) groups excluding carboxylic acids is 2. The minimum absolute atomic E-state index is 0.0994. The van der Waals surface area contributed by atoms with Crippen LogP contribution in [0, 0.1) is 0 Å². The van der Waals surface area contributed by atoms with Crippen molar-refractivity contribution >= 4 is 11.6 Å².